The van der Waals surface area contributed by atoms with Gasteiger partial charge in [0.15, 0.2) is 0 Å². The minimum atomic E-state index is 0.140. The first-order chi connectivity index (χ1) is 6.13. The summed E-state index contributed by atoms with van der Waals surface area (Å²) in [7, 11) is 1.66. The Morgan fingerprint density at radius 3 is 2.15 bits per heavy atom. The molecule has 0 saturated carbocycles. The molecule has 0 N–H and O–H groups in total. The highest BCUT2D eigenvalue weighted by molar-refractivity contribution is 6.59. The SMILES string of the molecule is CCC[C](CCOC)C(Cl)=C(Cl)Cl. The average Bonchev–Trinajstić information content (AvgIpc) is 2.11. The average molecular weight is 245 g/mol. The van der Waals surface area contributed by atoms with Gasteiger partial charge in [-0.3, -0.25) is 0 Å². The number of hydrogen-bond acceptors (Lipinski definition) is 1. The molecule has 0 bridgehead atoms. The molecule has 0 aliphatic heterocycles. The molecule has 0 heterocycles. The lowest BCUT2D eigenvalue weighted by atomic mass is 10.0. The van der Waals surface area contributed by atoms with Gasteiger partial charge in [0, 0.05) is 19.6 Å². The largest absolute Gasteiger partial charge is 0.385 e. The molecule has 4 heteroatoms. The third kappa shape index (κ3) is 5.79. The topological polar surface area (TPSA) is 9.23 Å². The zero-order chi connectivity index (χ0) is 10.3. The second-order valence-corrected chi connectivity index (χ2v) is 4.00. The summed E-state index contributed by atoms with van der Waals surface area (Å²) < 4.78 is 5.10. The third-order valence-electron chi connectivity index (χ3n) is 1.64. The van der Waals surface area contributed by atoms with Gasteiger partial charge >= 0.3 is 0 Å². The predicted octanol–water partition coefficient (Wildman–Crippen LogP) is 4.28. The van der Waals surface area contributed by atoms with Crippen LogP contribution in [0.5, 0.6) is 0 Å². The van der Waals surface area contributed by atoms with Crippen molar-refractivity contribution in [2.75, 3.05) is 13.7 Å². The fourth-order valence-corrected chi connectivity index (χ4v) is 1.46. The molecule has 0 atom stereocenters. The van der Waals surface area contributed by atoms with Crippen molar-refractivity contribution in [1.29, 1.82) is 0 Å². The molecule has 13 heavy (non-hydrogen) atoms. The number of halogens is 3. The van der Waals surface area contributed by atoms with Crippen LogP contribution in [-0.2, 0) is 4.74 Å². The first-order valence-corrected chi connectivity index (χ1v) is 5.31. The molecule has 77 valence electrons. The van der Waals surface area contributed by atoms with E-state index in [0.717, 1.165) is 25.2 Å². The van der Waals surface area contributed by atoms with E-state index in [2.05, 4.69) is 6.92 Å². The van der Waals surface area contributed by atoms with E-state index in [0.29, 0.717) is 11.6 Å². The van der Waals surface area contributed by atoms with E-state index >= 15 is 0 Å². The second kappa shape index (κ2) is 7.93. The summed E-state index contributed by atoms with van der Waals surface area (Å²) in [6.45, 7) is 2.73. The quantitative estimate of drug-likeness (QED) is 0.677. The van der Waals surface area contributed by atoms with Crippen LogP contribution in [-0.4, -0.2) is 13.7 Å². The van der Waals surface area contributed by atoms with E-state index in [1.54, 1.807) is 7.11 Å². The normalized spacial score (nSPS) is 10.6. The molecule has 0 amide bonds. The summed E-state index contributed by atoms with van der Waals surface area (Å²) in [5.74, 6) is 1.06. The highest BCUT2D eigenvalue weighted by atomic mass is 35.5. The number of allylic oxidation sites excluding steroid dienone is 1. The van der Waals surface area contributed by atoms with Gasteiger partial charge in [0.05, 0.1) is 5.03 Å². The van der Waals surface area contributed by atoms with E-state index in [9.17, 15) is 0 Å². The van der Waals surface area contributed by atoms with Gasteiger partial charge in [-0.25, -0.2) is 0 Å². The lowest BCUT2D eigenvalue weighted by molar-refractivity contribution is 0.197. The van der Waals surface area contributed by atoms with Crippen LogP contribution < -0.4 is 0 Å². The molecule has 0 aromatic heterocycles. The van der Waals surface area contributed by atoms with Gasteiger partial charge in [0.2, 0.25) is 0 Å². The molecule has 1 radical (unpaired) electrons. The monoisotopic (exact) mass is 243 g/mol. The lowest BCUT2D eigenvalue weighted by Crippen LogP contribution is -2.02. The second-order valence-electron chi connectivity index (χ2n) is 2.67. The highest BCUT2D eigenvalue weighted by Crippen LogP contribution is 2.32. The van der Waals surface area contributed by atoms with Crippen molar-refractivity contribution in [3.05, 3.63) is 15.4 Å². The molecule has 0 aromatic rings. The maximum absolute atomic E-state index is 5.92. The summed E-state index contributed by atoms with van der Waals surface area (Å²) in [5.41, 5.74) is 0. The zero-order valence-corrected chi connectivity index (χ0v) is 10.1. The van der Waals surface area contributed by atoms with E-state index < -0.39 is 0 Å². The Hall–Kier alpha value is 0.570. The number of rotatable bonds is 6. The third-order valence-corrected chi connectivity index (χ3v) is 2.66. The van der Waals surface area contributed by atoms with Crippen LogP contribution in [0.2, 0.25) is 0 Å². The molecule has 0 rings (SSSR count). The zero-order valence-electron chi connectivity index (χ0n) is 7.87. The minimum Gasteiger partial charge on any atom is -0.385 e. The standard InChI is InChI=1S/C9H14Cl3O/c1-3-4-7(5-6-13-2)8(10)9(11)12/h3-6H2,1-2H3. The van der Waals surface area contributed by atoms with Crippen molar-refractivity contribution in [3.8, 4) is 0 Å². The van der Waals surface area contributed by atoms with Gasteiger partial charge in [-0.15, -0.1) is 0 Å². The van der Waals surface area contributed by atoms with Gasteiger partial charge in [-0.1, -0.05) is 48.1 Å². The van der Waals surface area contributed by atoms with Gasteiger partial charge < -0.3 is 4.74 Å². The number of hydrogen-bond donors (Lipinski definition) is 0. The molecule has 1 nitrogen and oxygen atoms in total. The van der Waals surface area contributed by atoms with Crippen molar-refractivity contribution in [2.24, 2.45) is 0 Å². The summed E-state index contributed by atoms with van der Waals surface area (Å²) in [6, 6.07) is 0. The van der Waals surface area contributed by atoms with Crippen molar-refractivity contribution in [3.63, 3.8) is 0 Å². The molecular weight excluding hydrogens is 230 g/mol. The van der Waals surface area contributed by atoms with Crippen LogP contribution in [0, 0.1) is 5.92 Å². The van der Waals surface area contributed by atoms with Crippen LogP contribution in [0.15, 0.2) is 9.52 Å². The summed E-state index contributed by atoms with van der Waals surface area (Å²) >= 11 is 17.1. The maximum Gasteiger partial charge on any atom is 0.121 e. The fraction of sp³-hybridized carbons (Fsp3) is 0.667. The molecule has 0 aromatic carbocycles. The maximum atomic E-state index is 5.92. The Labute approximate surface area is 95.0 Å². The fourth-order valence-electron chi connectivity index (χ4n) is 1.01. The van der Waals surface area contributed by atoms with E-state index in [4.69, 9.17) is 39.5 Å². The summed E-state index contributed by atoms with van der Waals surface area (Å²) in [5, 5.41) is 0.474. The van der Waals surface area contributed by atoms with Gasteiger partial charge in [-0.2, -0.15) is 0 Å². The summed E-state index contributed by atoms with van der Waals surface area (Å²) in [6.07, 6.45) is 2.72. The molecular formula is C9H14Cl3O. The van der Waals surface area contributed by atoms with Crippen LogP contribution in [0.3, 0.4) is 0 Å². The van der Waals surface area contributed by atoms with Crippen LogP contribution >= 0.6 is 34.8 Å². The lowest BCUT2D eigenvalue weighted by Gasteiger charge is -2.13. The first-order valence-electron chi connectivity index (χ1n) is 4.18. The Bertz CT molecular complexity index is 164. The Balaban J connectivity index is 4.15. The Kier molecular flexibility index (Phi) is 8.27. The predicted molar refractivity (Wildman–Crippen MR) is 59.2 cm³/mol. The Morgan fingerprint density at radius 1 is 1.15 bits per heavy atom. The molecule has 0 fully saturated rings. The molecule has 0 aliphatic carbocycles. The van der Waals surface area contributed by atoms with Crippen LogP contribution in [0.4, 0.5) is 0 Å². The van der Waals surface area contributed by atoms with Crippen molar-refractivity contribution in [2.45, 2.75) is 26.2 Å². The molecule has 0 saturated heterocycles. The van der Waals surface area contributed by atoms with Gasteiger partial charge in [0.1, 0.15) is 4.49 Å². The summed E-state index contributed by atoms with van der Waals surface area (Å²) in [4.78, 5) is 0. The van der Waals surface area contributed by atoms with E-state index in [1.165, 1.54) is 0 Å². The van der Waals surface area contributed by atoms with Crippen LogP contribution in [0.1, 0.15) is 26.2 Å². The molecule has 0 spiro atoms. The smallest absolute Gasteiger partial charge is 0.121 e. The molecule has 0 aliphatic rings. The number of methoxy groups -OCH3 is 1. The van der Waals surface area contributed by atoms with E-state index in [1.807, 2.05) is 0 Å². The van der Waals surface area contributed by atoms with Gasteiger partial charge in [-0.05, 0) is 12.8 Å². The minimum absolute atomic E-state index is 0.140. The Morgan fingerprint density at radius 2 is 1.77 bits per heavy atom. The van der Waals surface area contributed by atoms with Crippen molar-refractivity contribution < 1.29 is 4.74 Å². The molecule has 0 unspecified atom stereocenters. The van der Waals surface area contributed by atoms with Crippen molar-refractivity contribution >= 4 is 34.8 Å². The first kappa shape index (κ1) is 13.6. The van der Waals surface area contributed by atoms with Crippen molar-refractivity contribution in [1.82, 2.24) is 0 Å². The van der Waals surface area contributed by atoms with Gasteiger partial charge in [0.25, 0.3) is 0 Å². The highest BCUT2D eigenvalue weighted by Gasteiger charge is 2.15. The van der Waals surface area contributed by atoms with E-state index in [-0.39, 0.29) is 4.49 Å². The number of ether oxygens (including phenoxy) is 1. The van der Waals surface area contributed by atoms with Crippen LogP contribution in [0.25, 0.3) is 0 Å².